The summed E-state index contributed by atoms with van der Waals surface area (Å²) in [6.45, 7) is 0.805. The van der Waals surface area contributed by atoms with E-state index in [9.17, 15) is 4.79 Å². The predicted octanol–water partition coefficient (Wildman–Crippen LogP) is 5.95. The highest BCUT2D eigenvalue weighted by atomic mass is 35.5. The lowest BCUT2D eigenvalue weighted by Crippen LogP contribution is -2.40. The van der Waals surface area contributed by atoms with Crippen LogP contribution in [0.4, 0.5) is 5.69 Å². The average molecular weight is 569 g/mol. The molecule has 4 aromatic carbocycles. The molecule has 41 heavy (non-hydrogen) atoms. The van der Waals surface area contributed by atoms with Crippen LogP contribution in [-0.4, -0.2) is 51.1 Å². The number of para-hydroxylation sites is 2. The van der Waals surface area contributed by atoms with Crippen LogP contribution in [0, 0.1) is 0 Å². The topological polar surface area (TPSA) is 105 Å². The maximum atomic E-state index is 13.3. The summed E-state index contributed by atoms with van der Waals surface area (Å²) in [5, 5.41) is 18.0. The first-order chi connectivity index (χ1) is 20.1. The van der Waals surface area contributed by atoms with Gasteiger partial charge in [0.25, 0.3) is 0 Å². The van der Waals surface area contributed by atoms with Gasteiger partial charge in [-0.3, -0.25) is 9.69 Å². The minimum absolute atomic E-state index is 0.0757. The number of aromatic amines is 1. The maximum Gasteiger partial charge on any atom is 0.238 e. The second kappa shape index (κ2) is 14.1. The van der Waals surface area contributed by atoms with E-state index in [0.29, 0.717) is 41.0 Å². The quantitative estimate of drug-likeness (QED) is 0.181. The summed E-state index contributed by atoms with van der Waals surface area (Å²) in [5.41, 5.74) is 1.80. The minimum atomic E-state index is -0.447. The molecule has 0 bridgehead atoms. The minimum Gasteiger partial charge on any atom is -0.490 e. The summed E-state index contributed by atoms with van der Waals surface area (Å²) >= 11 is 6.32. The van der Waals surface area contributed by atoms with Gasteiger partial charge in [-0.2, -0.15) is 0 Å². The molecule has 10 heteroatoms. The molecule has 1 heterocycles. The molecular weight excluding hydrogens is 540 g/mol. The number of rotatable bonds is 13. The zero-order valence-corrected chi connectivity index (χ0v) is 22.9. The average Bonchev–Trinajstić information content (AvgIpc) is 3.54. The van der Waals surface area contributed by atoms with Gasteiger partial charge in [0.05, 0.1) is 11.6 Å². The van der Waals surface area contributed by atoms with Gasteiger partial charge in [-0.1, -0.05) is 72.3 Å². The molecule has 0 aliphatic heterocycles. The molecule has 1 atom stereocenters. The zero-order chi connectivity index (χ0) is 28.3. The molecule has 0 saturated heterocycles. The van der Waals surface area contributed by atoms with Gasteiger partial charge in [0, 0.05) is 12.2 Å². The number of halogens is 1. The van der Waals surface area contributed by atoms with Crippen LogP contribution in [0.3, 0.4) is 0 Å². The number of hydrogen-bond donors (Lipinski definition) is 2. The van der Waals surface area contributed by atoms with E-state index in [1.807, 2.05) is 89.8 Å². The molecule has 2 N–H and O–H groups in total. The normalized spacial score (nSPS) is 11.7. The monoisotopic (exact) mass is 568 g/mol. The third kappa shape index (κ3) is 8.14. The molecule has 208 valence electrons. The molecule has 5 aromatic rings. The highest BCUT2D eigenvalue weighted by Gasteiger charge is 2.27. The Hall–Kier alpha value is -4.73. The number of ether oxygens (including phenoxy) is 2. The number of hydrogen-bond acceptors (Lipinski definition) is 7. The van der Waals surface area contributed by atoms with Crippen LogP contribution >= 0.6 is 11.6 Å². The molecule has 0 aliphatic carbocycles. The Labute approximate surface area is 243 Å². The first-order valence-corrected chi connectivity index (χ1v) is 13.5. The Kier molecular flexibility index (Phi) is 9.54. The van der Waals surface area contributed by atoms with E-state index in [0.717, 1.165) is 11.3 Å². The maximum absolute atomic E-state index is 13.3. The van der Waals surface area contributed by atoms with E-state index in [1.165, 1.54) is 0 Å². The highest BCUT2D eigenvalue weighted by molar-refractivity contribution is 6.32. The molecule has 1 aromatic heterocycles. The van der Waals surface area contributed by atoms with E-state index in [4.69, 9.17) is 21.1 Å². The number of carbonyl (C=O) groups is 1. The first kappa shape index (κ1) is 27.8. The van der Waals surface area contributed by atoms with Gasteiger partial charge >= 0.3 is 0 Å². The van der Waals surface area contributed by atoms with E-state index in [-0.39, 0.29) is 19.1 Å². The number of benzene rings is 4. The third-order valence-corrected chi connectivity index (χ3v) is 6.66. The Morgan fingerprint density at radius 1 is 0.878 bits per heavy atom. The van der Waals surface area contributed by atoms with Gasteiger partial charge in [-0.15, -0.1) is 5.10 Å². The molecule has 0 aliphatic rings. The van der Waals surface area contributed by atoms with Crippen molar-refractivity contribution >= 4 is 23.2 Å². The summed E-state index contributed by atoms with van der Waals surface area (Å²) in [4.78, 5) is 15.3. The van der Waals surface area contributed by atoms with Crippen molar-refractivity contribution in [2.24, 2.45) is 0 Å². The van der Waals surface area contributed by atoms with E-state index in [2.05, 4.69) is 38.1 Å². The van der Waals surface area contributed by atoms with Gasteiger partial charge in [-0.25, -0.2) is 5.10 Å². The number of amides is 1. The number of nitrogens with zero attached hydrogens (tertiary/aromatic N) is 4. The fourth-order valence-electron chi connectivity index (χ4n) is 4.27. The lowest BCUT2D eigenvalue weighted by atomic mass is 10.1. The molecule has 1 amide bonds. The number of H-pyrrole nitrogens is 1. The van der Waals surface area contributed by atoms with Crippen LogP contribution in [0.5, 0.6) is 17.2 Å². The van der Waals surface area contributed by atoms with Crippen molar-refractivity contribution in [2.45, 2.75) is 12.5 Å². The summed E-state index contributed by atoms with van der Waals surface area (Å²) in [7, 11) is 0. The Bertz CT molecular complexity index is 1500. The van der Waals surface area contributed by atoms with Crippen LogP contribution < -0.4 is 14.8 Å². The van der Waals surface area contributed by atoms with Crippen molar-refractivity contribution in [3.63, 3.8) is 0 Å². The van der Waals surface area contributed by atoms with Gasteiger partial charge in [0.2, 0.25) is 5.91 Å². The fourth-order valence-corrected chi connectivity index (χ4v) is 4.46. The Morgan fingerprint density at radius 3 is 2.27 bits per heavy atom. The van der Waals surface area contributed by atoms with Gasteiger partial charge < -0.3 is 14.8 Å². The number of tetrazole rings is 1. The molecular formula is C31H29ClN6O3. The van der Waals surface area contributed by atoms with Crippen LogP contribution in [0.25, 0.3) is 0 Å². The van der Waals surface area contributed by atoms with E-state index >= 15 is 0 Å². The van der Waals surface area contributed by atoms with Crippen molar-refractivity contribution in [2.75, 3.05) is 25.0 Å². The fraction of sp³-hybridized carbons (Fsp3) is 0.161. The molecule has 0 spiro atoms. The van der Waals surface area contributed by atoms with Gasteiger partial charge in [0.15, 0.2) is 5.82 Å². The first-order valence-electron chi connectivity index (χ1n) is 13.2. The SMILES string of the molecule is O=C(CN(CCc1ccccc1)C(COc1ccccc1Cl)c1nnn[nH]1)Nc1ccc(Oc2ccccc2)cc1. The molecule has 9 nitrogen and oxygen atoms in total. The van der Waals surface area contributed by atoms with Gasteiger partial charge in [-0.05, 0) is 70.9 Å². The van der Waals surface area contributed by atoms with Crippen LogP contribution in [0.15, 0.2) is 109 Å². The summed E-state index contributed by atoms with van der Waals surface area (Å²) in [6, 6.07) is 33.7. The van der Waals surface area contributed by atoms with Crippen LogP contribution in [0.2, 0.25) is 5.02 Å². The van der Waals surface area contributed by atoms with E-state index in [1.54, 1.807) is 12.1 Å². The van der Waals surface area contributed by atoms with Gasteiger partial charge in [0.1, 0.15) is 29.9 Å². The van der Waals surface area contributed by atoms with Crippen molar-refractivity contribution < 1.29 is 14.3 Å². The molecule has 1 unspecified atom stereocenters. The zero-order valence-electron chi connectivity index (χ0n) is 22.2. The second-order valence-corrected chi connectivity index (χ2v) is 9.64. The lowest BCUT2D eigenvalue weighted by molar-refractivity contribution is -0.118. The standard InChI is InChI=1S/C31H29ClN6O3/c32-27-13-7-8-14-29(27)40-22-28(31-34-36-37-35-31)38(20-19-23-9-3-1-4-10-23)21-30(39)33-24-15-17-26(18-16-24)41-25-11-5-2-6-12-25/h1-18,28H,19-22H2,(H,33,39)(H,34,35,36,37). The largest absolute Gasteiger partial charge is 0.490 e. The number of aromatic nitrogens is 4. The summed E-state index contributed by atoms with van der Waals surface area (Å²) < 4.78 is 11.9. The highest BCUT2D eigenvalue weighted by Crippen LogP contribution is 2.27. The van der Waals surface area contributed by atoms with Crippen molar-refractivity contribution in [3.8, 4) is 17.2 Å². The smallest absolute Gasteiger partial charge is 0.238 e. The second-order valence-electron chi connectivity index (χ2n) is 9.24. The number of nitrogens with one attached hydrogen (secondary N) is 2. The number of carbonyl (C=O) groups excluding carboxylic acids is 1. The molecule has 0 radical (unpaired) electrons. The molecule has 5 rings (SSSR count). The Balaban J connectivity index is 1.30. The third-order valence-electron chi connectivity index (χ3n) is 6.35. The summed E-state index contributed by atoms with van der Waals surface area (Å²) in [5.74, 6) is 2.25. The Morgan fingerprint density at radius 2 is 1.56 bits per heavy atom. The van der Waals surface area contributed by atoms with Crippen LogP contribution in [0.1, 0.15) is 17.4 Å². The van der Waals surface area contributed by atoms with E-state index < -0.39 is 6.04 Å². The van der Waals surface area contributed by atoms with Crippen molar-refractivity contribution in [1.82, 2.24) is 25.5 Å². The summed E-state index contributed by atoms with van der Waals surface area (Å²) in [6.07, 6.45) is 0.712. The molecule has 0 saturated carbocycles. The lowest BCUT2D eigenvalue weighted by Gasteiger charge is -2.29. The number of anilines is 1. The predicted molar refractivity (Wildman–Crippen MR) is 157 cm³/mol. The van der Waals surface area contributed by atoms with Crippen LogP contribution in [-0.2, 0) is 11.2 Å². The molecule has 0 fully saturated rings. The van der Waals surface area contributed by atoms with Crippen molar-refractivity contribution in [3.05, 3.63) is 126 Å². The van der Waals surface area contributed by atoms with Crippen molar-refractivity contribution in [1.29, 1.82) is 0 Å².